The molecule has 5 nitrogen and oxygen atoms in total. The molecule has 6 heteroatoms. The van der Waals surface area contributed by atoms with Crippen LogP contribution in [-0.2, 0) is 6.42 Å². The van der Waals surface area contributed by atoms with Gasteiger partial charge in [0.2, 0.25) is 0 Å². The van der Waals surface area contributed by atoms with Crippen molar-refractivity contribution in [3.8, 4) is 17.1 Å². The van der Waals surface area contributed by atoms with Crippen LogP contribution in [0.15, 0.2) is 72.4 Å². The Morgan fingerprint density at radius 1 is 0.821 bits per heavy atom. The average molecular weight is 388 g/mol. The lowest BCUT2D eigenvalue weighted by Crippen LogP contribution is -2.01. The van der Waals surface area contributed by atoms with Crippen LogP contribution in [0.4, 0.5) is 0 Å². The molecule has 0 atom stereocenters. The number of aromatic nitrogens is 5. The Bertz CT molecular complexity index is 1060. The van der Waals surface area contributed by atoms with Gasteiger partial charge in [-0.15, -0.1) is 10.2 Å². The van der Waals surface area contributed by atoms with Gasteiger partial charge in [-0.2, -0.15) is 0 Å². The molecule has 3 aromatic heterocycles. The maximum absolute atomic E-state index is 4.50. The molecular weight excluding hydrogens is 366 g/mol. The third-order valence-corrected chi connectivity index (χ3v) is 5.62. The van der Waals surface area contributed by atoms with Crippen molar-refractivity contribution in [2.24, 2.45) is 0 Å². The maximum atomic E-state index is 4.50. The quantitative estimate of drug-likeness (QED) is 0.450. The fourth-order valence-corrected chi connectivity index (χ4v) is 3.90. The normalized spacial score (nSPS) is 10.9. The number of hydrogen-bond acceptors (Lipinski definition) is 5. The zero-order valence-corrected chi connectivity index (χ0v) is 16.7. The first-order chi connectivity index (χ1) is 13.7. The van der Waals surface area contributed by atoms with Gasteiger partial charge < -0.3 is 0 Å². The molecule has 0 amide bonds. The summed E-state index contributed by atoms with van der Waals surface area (Å²) in [6.07, 6.45) is 8.19. The Labute approximate surface area is 168 Å². The Morgan fingerprint density at radius 2 is 1.54 bits per heavy atom. The van der Waals surface area contributed by atoms with Gasteiger partial charge in [-0.3, -0.25) is 14.5 Å². The first-order valence-electron chi connectivity index (χ1n) is 9.17. The van der Waals surface area contributed by atoms with Crippen molar-refractivity contribution in [2.45, 2.75) is 25.4 Å². The van der Waals surface area contributed by atoms with Gasteiger partial charge in [-0.1, -0.05) is 17.8 Å². The monoisotopic (exact) mass is 387 g/mol. The van der Waals surface area contributed by atoms with E-state index in [9.17, 15) is 0 Å². The SMILES string of the molecule is Cc1ccc(-n2c(SCCc3ccncc3)nnc2-c2ccncc2)cc1C. The third kappa shape index (κ3) is 3.97. The van der Waals surface area contributed by atoms with Crippen molar-refractivity contribution >= 4 is 11.8 Å². The van der Waals surface area contributed by atoms with E-state index in [1.54, 1.807) is 24.2 Å². The van der Waals surface area contributed by atoms with Gasteiger partial charge in [0.15, 0.2) is 11.0 Å². The minimum atomic E-state index is 0.831. The van der Waals surface area contributed by atoms with Gasteiger partial charge >= 0.3 is 0 Å². The Balaban J connectivity index is 1.68. The van der Waals surface area contributed by atoms with Crippen molar-refractivity contribution in [1.29, 1.82) is 0 Å². The van der Waals surface area contributed by atoms with Crippen LogP contribution < -0.4 is 0 Å². The highest BCUT2D eigenvalue weighted by atomic mass is 32.2. The molecule has 0 spiro atoms. The minimum Gasteiger partial charge on any atom is -0.270 e. The van der Waals surface area contributed by atoms with Crippen molar-refractivity contribution in [1.82, 2.24) is 24.7 Å². The number of benzene rings is 1. The molecule has 1 aromatic carbocycles. The summed E-state index contributed by atoms with van der Waals surface area (Å²) in [7, 11) is 0. The molecule has 3 heterocycles. The van der Waals surface area contributed by atoms with Crippen molar-refractivity contribution < 1.29 is 0 Å². The Hall–Kier alpha value is -2.99. The molecule has 0 bridgehead atoms. The number of nitrogens with zero attached hydrogens (tertiary/aromatic N) is 5. The summed E-state index contributed by atoms with van der Waals surface area (Å²) in [6, 6.07) is 14.5. The van der Waals surface area contributed by atoms with E-state index in [1.807, 2.05) is 24.5 Å². The van der Waals surface area contributed by atoms with E-state index in [1.165, 1.54) is 16.7 Å². The van der Waals surface area contributed by atoms with Gasteiger partial charge in [0.1, 0.15) is 0 Å². The van der Waals surface area contributed by atoms with Gasteiger partial charge in [0.05, 0.1) is 5.69 Å². The summed E-state index contributed by atoms with van der Waals surface area (Å²) in [6.45, 7) is 4.25. The highest BCUT2D eigenvalue weighted by molar-refractivity contribution is 7.99. The molecule has 140 valence electrons. The van der Waals surface area contributed by atoms with E-state index in [0.717, 1.165) is 34.4 Å². The van der Waals surface area contributed by atoms with Crippen molar-refractivity contribution in [3.05, 3.63) is 83.9 Å². The predicted molar refractivity (Wildman–Crippen MR) is 113 cm³/mol. The van der Waals surface area contributed by atoms with Crippen LogP contribution in [0.5, 0.6) is 0 Å². The maximum Gasteiger partial charge on any atom is 0.196 e. The zero-order chi connectivity index (χ0) is 19.3. The van der Waals surface area contributed by atoms with Crippen molar-refractivity contribution in [2.75, 3.05) is 5.75 Å². The summed E-state index contributed by atoms with van der Waals surface area (Å²) in [4.78, 5) is 8.20. The van der Waals surface area contributed by atoms with E-state index in [2.05, 4.69) is 68.9 Å². The van der Waals surface area contributed by atoms with E-state index in [4.69, 9.17) is 0 Å². The number of pyridine rings is 2. The lowest BCUT2D eigenvalue weighted by atomic mass is 10.1. The second-order valence-electron chi connectivity index (χ2n) is 6.60. The smallest absolute Gasteiger partial charge is 0.196 e. The molecule has 0 aliphatic heterocycles. The second-order valence-corrected chi connectivity index (χ2v) is 7.66. The van der Waals surface area contributed by atoms with E-state index in [0.29, 0.717) is 0 Å². The molecule has 4 aromatic rings. The Morgan fingerprint density at radius 3 is 2.25 bits per heavy atom. The molecule has 0 unspecified atom stereocenters. The number of rotatable bonds is 6. The largest absolute Gasteiger partial charge is 0.270 e. The summed E-state index contributed by atoms with van der Waals surface area (Å²) < 4.78 is 2.14. The molecule has 4 rings (SSSR count). The minimum absolute atomic E-state index is 0.831. The lowest BCUT2D eigenvalue weighted by Gasteiger charge is -2.12. The molecule has 0 aliphatic carbocycles. The summed E-state index contributed by atoms with van der Waals surface area (Å²) in [5.41, 5.74) is 5.87. The van der Waals surface area contributed by atoms with Gasteiger partial charge in [0, 0.05) is 36.1 Å². The van der Waals surface area contributed by atoms with Gasteiger partial charge in [-0.25, -0.2) is 0 Å². The zero-order valence-electron chi connectivity index (χ0n) is 15.9. The highest BCUT2D eigenvalue weighted by Gasteiger charge is 2.16. The second kappa shape index (κ2) is 8.35. The summed E-state index contributed by atoms with van der Waals surface area (Å²) in [5, 5.41) is 9.88. The number of hydrogen-bond donors (Lipinski definition) is 0. The van der Waals surface area contributed by atoms with E-state index >= 15 is 0 Å². The van der Waals surface area contributed by atoms with Gasteiger partial charge in [0.25, 0.3) is 0 Å². The van der Waals surface area contributed by atoms with Crippen LogP contribution in [0.25, 0.3) is 17.1 Å². The molecule has 0 radical (unpaired) electrons. The third-order valence-electron chi connectivity index (χ3n) is 4.69. The van der Waals surface area contributed by atoms with Crippen LogP contribution in [-0.4, -0.2) is 30.5 Å². The molecule has 0 N–H and O–H groups in total. The van der Waals surface area contributed by atoms with Crippen LogP contribution in [0, 0.1) is 13.8 Å². The van der Waals surface area contributed by atoms with Crippen LogP contribution in [0.1, 0.15) is 16.7 Å². The van der Waals surface area contributed by atoms with E-state index < -0.39 is 0 Å². The van der Waals surface area contributed by atoms with Crippen LogP contribution in [0.3, 0.4) is 0 Å². The number of thioether (sulfide) groups is 1. The molecule has 28 heavy (non-hydrogen) atoms. The molecular formula is C22H21N5S. The number of aryl methyl sites for hydroxylation is 3. The van der Waals surface area contributed by atoms with Crippen LogP contribution in [0.2, 0.25) is 0 Å². The molecule has 0 fully saturated rings. The highest BCUT2D eigenvalue weighted by Crippen LogP contribution is 2.29. The summed E-state index contributed by atoms with van der Waals surface area (Å²) in [5.74, 6) is 1.75. The summed E-state index contributed by atoms with van der Waals surface area (Å²) >= 11 is 1.72. The average Bonchev–Trinajstić information content (AvgIpc) is 3.15. The molecule has 0 aliphatic rings. The first kappa shape index (κ1) is 18.4. The first-order valence-corrected chi connectivity index (χ1v) is 10.2. The fourth-order valence-electron chi connectivity index (χ4n) is 2.96. The van der Waals surface area contributed by atoms with Gasteiger partial charge in [-0.05, 0) is 73.4 Å². The topological polar surface area (TPSA) is 56.5 Å². The molecule has 0 saturated carbocycles. The van der Waals surface area contributed by atoms with Crippen LogP contribution >= 0.6 is 11.8 Å². The standard InChI is InChI=1S/C22H21N5S/c1-16-3-4-20(15-17(16)2)27-21(19-7-12-24-13-8-19)25-26-22(27)28-14-9-18-5-10-23-11-6-18/h3-8,10-13,15H,9,14H2,1-2H3. The Kier molecular flexibility index (Phi) is 5.48. The lowest BCUT2D eigenvalue weighted by molar-refractivity contribution is 0.883. The molecule has 0 saturated heterocycles. The van der Waals surface area contributed by atoms with E-state index in [-0.39, 0.29) is 0 Å². The van der Waals surface area contributed by atoms with Crippen molar-refractivity contribution in [3.63, 3.8) is 0 Å². The predicted octanol–water partition coefficient (Wildman–Crippen LogP) is 4.68. The fraction of sp³-hybridized carbons (Fsp3) is 0.182.